The van der Waals surface area contributed by atoms with Gasteiger partial charge in [-0.1, -0.05) is 15.9 Å². The molecule has 0 aliphatic rings. The Morgan fingerprint density at radius 2 is 2.10 bits per heavy atom. The molecular weight excluding hydrogens is 357 g/mol. The van der Waals surface area contributed by atoms with Crippen LogP contribution in [0.4, 0.5) is 4.39 Å². The van der Waals surface area contributed by atoms with E-state index in [-0.39, 0.29) is 11.4 Å². The standard InChI is InChI=1S/C15H13BrFNO2S/c1-8-5-9(2)18-14(13(8)15(19)20)21-7-10-6-11(17)3-4-12(10)16/h3-6H,7H2,1-2H3,(H,19,20). The molecule has 1 aromatic carbocycles. The molecule has 0 spiro atoms. The molecule has 0 radical (unpaired) electrons. The molecule has 6 heteroatoms. The van der Waals surface area contributed by atoms with E-state index in [0.717, 1.165) is 15.7 Å². The molecule has 0 fully saturated rings. The first-order valence-corrected chi connectivity index (χ1v) is 7.94. The second-order valence-corrected chi connectivity index (χ2v) is 6.41. The van der Waals surface area contributed by atoms with Gasteiger partial charge in [0.2, 0.25) is 0 Å². The van der Waals surface area contributed by atoms with Crippen LogP contribution in [-0.4, -0.2) is 16.1 Å². The zero-order chi connectivity index (χ0) is 15.6. The van der Waals surface area contributed by atoms with E-state index in [2.05, 4.69) is 20.9 Å². The predicted molar refractivity (Wildman–Crippen MR) is 84.3 cm³/mol. The quantitative estimate of drug-likeness (QED) is 0.800. The van der Waals surface area contributed by atoms with Crippen LogP contribution in [0.1, 0.15) is 27.2 Å². The average molecular weight is 370 g/mol. The maximum Gasteiger partial charge on any atom is 0.338 e. The van der Waals surface area contributed by atoms with Gasteiger partial charge in [0, 0.05) is 15.9 Å². The van der Waals surface area contributed by atoms with Crippen molar-refractivity contribution < 1.29 is 14.3 Å². The van der Waals surface area contributed by atoms with E-state index >= 15 is 0 Å². The molecule has 1 N–H and O–H groups in total. The predicted octanol–water partition coefficient (Wildman–Crippen LogP) is 4.59. The number of aromatic carboxylic acids is 1. The number of aromatic nitrogens is 1. The Hall–Kier alpha value is -1.40. The van der Waals surface area contributed by atoms with E-state index in [1.807, 2.05) is 6.92 Å². The molecule has 110 valence electrons. The fourth-order valence-corrected chi connectivity index (χ4v) is 3.67. The number of carbonyl (C=O) groups is 1. The number of hydrogen-bond donors (Lipinski definition) is 1. The summed E-state index contributed by atoms with van der Waals surface area (Å²) in [6, 6.07) is 6.18. The second kappa shape index (κ2) is 6.58. The van der Waals surface area contributed by atoms with Gasteiger partial charge in [-0.15, -0.1) is 11.8 Å². The zero-order valence-electron chi connectivity index (χ0n) is 11.5. The minimum atomic E-state index is -0.999. The van der Waals surface area contributed by atoms with Crippen LogP contribution in [0.3, 0.4) is 0 Å². The van der Waals surface area contributed by atoms with Crippen molar-refractivity contribution in [2.24, 2.45) is 0 Å². The van der Waals surface area contributed by atoms with Crippen LogP contribution in [0.2, 0.25) is 0 Å². The van der Waals surface area contributed by atoms with Crippen LogP contribution in [0, 0.1) is 19.7 Å². The normalized spacial score (nSPS) is 10.7. The van der Waals surface area contributed by atoms with E-state index in [1.165, 1.54) is 23.9 Å². The first-order chi connectivity index (χ1) is 9.88. The largest absolute Gasteiger partial charge is 0.478 e. The number of nitrogens with zero attached hydrogens (tertiary/aromatic N) is 1. The average Bonchev–Trinajstić information content (AvgIpc) is 2.38. The van der Waals surface area contributed by atoms with Gasteiger partial charge in [0.05, 0.1) is 5.56 Å². The molecule has 0 bridgehead atoms. The third-order valence-electron chi connectivity index (χ3n) is 2.90. The SMILES string of the molecule is Cc1cc(C)c(C(=O)O)c(SCc2cc(F)ccc2Br)n1. The summed E-state index contributed by atoms with van der Waals surface area (Å²) in [5, 5.41) is 9.77. The number of rotatable bonds is 4. The van der Waals surface area contributed by atoms with Crippen molar-refractivity contribution in [2.45, 2.75) is 24.6 Å². The van der Waals surface area contributed by atoms with Crippen molar-refractivity contribution in [1.82, 2.24) is 4.98 Å². The molecule has 1 aromatic heterocycles. The van der Waals surface area contributed by atoms with Gasteiger partial charge < -0.3 is 5.11 Å². The van der Waals surface area contributed by atoms with Crippen molar-refractivity contribution in [1.29, 1.82) is 0 Å². The summed E-state index contributed by atoms with van der Waals surface area (Å²) in [6.45, 7) is 3.57. The number of thioether (sulfide) groups is 1. The highest BCUT2D eigenvalue weighted by Gasteiger charge is 2.16. The summed E-state index contributed by atoms with van der Waals surface area (Å²) < 4.78 is 14.1. The van der Waals surface area contributed by atoms with Crippen molar-refractivity contribution in [3.8, 4) is 0 Å². The molecule has 0 atom stereocenters. The summed E-state index contributed by atoms with van der Waals surface area (Å²) >= 11 is 4.65. The van der Waals surface area contributed by atoms with E-state index in [4.69, 9.17) is 0 Å². The summed E-state index contributed by atoms with van der Waals surface area (Å²) in [4.78, 5) is 15.7. The molecule has 0 aliphatic heterocycles. The van der Waals surface area contributed by atoms with Gasteiger partial charge >= 0.3 is 5.97 Å². The summed E-state index contributed by atoms with van der Waals surface area (Å²) in [5.74, 6) is -0.879. The Kier molecular flexibility index (Phi) is 5.00. The molecule has 0 unspecified atom stereocenters. The van der Waals surface area contributed by atoms with Gasteiger partial charge in [0.25, 0.3) is 0 Å². The Labute approximate surface area is 134 Å². The van der Waals surface area contributed by atoms with Crippen molar-refractivity contribution >= 4 is 33.7 Å². The smallest absolute Gasteiger partial charge is 0.338 e. The van der Waals surface area contributed by atoms with Crippen LogP contribution in [0.15, 0.2) is 33.8 Å². The minimum absolute atomic E-state index is 0.207. The zero-order valence-corrected chi connectivity index (χ0v) is 13.9. The molecule has 0 aliphatic carbocycles. The highest BCUT2D eigenvalue weighted by molar-refractivity contribution is 9.10. The monoisotopic (exact) mass is 369 g/mol. The third-order valence-corrected chi connectivity index (χ3v) is 4.70. The van der Waals surface area contributed by atoms with Gasteiger partial charge in [-0.05, 0) is 49.2 Å². The lowest BCUT2D eigenvalue weighted by Crippen LogP contribution is -2.05. The third kappa shape index (κ3) is 3.83. The minimum Gasteiger partial charge on any atom is -0.478 e. The van der Waals surface area contributed by atoms with Crippen LogP contribution < -0.4 is 0 Å². The Morgan fingerprint density at radius 3 is 2.76 bits per heavy atom. The van der Waals surface area contributed by atoms with Crippen molar-refractivity contribution in [3.05, 3.63) is 56.9 Å². The molecule has 2 rings (SSSR count). The van der Waals surface area contributed by atoms with Gasteiger partial charge in [0.15, 0.2) is 0 Å². The molecule has 2 aromatic rings. The Bertz CT molecular complexity index is 706. The maximum atomic E-state index is 13.3. The molecule has 0 saturated carbocycles. The number of carboxylic acids is 1. The van der Waals surface area contributed by atoms with Gasteiger partial charge in [-0.25, -0.2) is 14.2 Å². The Morgan fingerprint density at radius 1 is 1.38 bits per heavy atom. The number of carboxylic acid groups (broad SMARTS) is 1. The number of pyridine rings is 1. The lowest BCUT2D eigenvalue weighted by atomic mass is 10.1. The van der Waals surface area contributed by atoms with E-state index in [9.17, 15) is 14.3 Å². The van der Waals surface area contributed by atoms with E-state index in [1.54, 1.807) is 19.1 Å². The fraction of sp³-hybridized carbons (Fsp3) is 0.200. The summed E-state index contributed by atoms with van der Waals surface area (Å²) in [7, 11) is 0. The van der Waals surface area contributed by atoms with Crippen LogP contribution >= 0.6 is 27.7 Å². The molecule has 1 heterocycles. The topological polar surface area (TPSA) is 50.2 Å². The lowest BCUT2D eigenvalue weighted by Gasteiger charge is -2.10. The van der Waals surface area contributed by atoms with Gasteiger partial charge in [-0.3, -0.25) is 0 Å². The van der Waals surface area contributed by atoms with Crippen molar-refractivity contribution in [3.63, 3.8) is 0 Å². The summed E-state index contributed by atoms with van der Waals surface area (Å²) in [5.41, 5.74) is 2.41. The first kappa shape index (κ1) is 16.0. The number of aryl methyl sites for hydroxylation is 2. The van der Waals surface area contributed by atoms with Gasteiger partial charge in [0.1, 0.15) is 10.8 Å². The number of halogens is 2. The van der Waals surface area contributed by atoms with Gasteiger partial charge in [-0.2, -0.15) is 0 Å². The number of hydrogen-bond acceptors (Lipinski definition) is 3. The molecule has 21 heavy (non-hydrogen) atoms. The lowest BCUT2D eigenvalue weighted by molar-refractivity contribution is 0.0691. The maximum absolute atomic E-state index is 13.3. The molecule has 3 nitrogen and oxygen atoms in total. The fourth-order valence-electron chi connectivity index (χ4n) is 1.97. The second-order valence-electron chi connectivity index (χ2n) is 4.59. The van der Waals surface area contributed by atoms with Crippen LogP contribution in [0.25, 0.3) is 0 Å². The first-order valence-electron chi connectivity index (χ1n) is 6.16. The summed E-state index contributed by atoms with van der Waals surface area (Å²) in [6.07, 6.45) is 0. The Balaban J connectivity index is 2.31. The molecule has 0 saturated heterocycles. The highest BCUT2D eigenvalue weighted by Crippen LogP contribution is 2.30. The van der Waals surface area contributed by atoms with Crippen LogP contribution in [-0.2, 0) is 5.75 Å². The van der Waals surface area contributed by atoms with Crippen LogP contribution in [0.5, 0.6) is 0 Å². The highest BCUT2D eigenvalue weighted by atomic mass is 79.9. The van der Waals surface area contributed by atoms with E-state index in [0.29, 0.717) is 16.3 Å². The van der Waals surface area contributed by atoms with E-state index < -0.39 is 5.97 Å². The van der Waals surface area contributed by atoms with Crippen molar-refractivity contribution in [2.75, 3.05) is 0 Å². The number of benzene rings is 1. The molecular formula is C15H13BrFNO2S. The molecule has 0 amide bonds.